The van der Waals surface area contributed by atoms with Gasteiger partial charge >= 0.3 is 6.03 Å². The minimum Gasteiger partial charge on any atom is -0.333 e. The Kier molecular flexibility index (Phi) is 4.69. The number of nitrogens with one attached hydrogen (secondary N) is 2. The summed E-state index contributed by atoms with van der Waals surface area (Å²) in [5.41, 5.74) is 0.409. The van der Waals surface area contributed by atoms with Crippen LogP contribution in [0, 0.1) is 0 Å². The zero-order valence-corrected chi connectivity index (χ0v) is 13.2. The average Bonchev–Trinajstić information content (AvgIpc) is 2.49. The Hall–Kier alpha value is -0.690. The third kappa shape index (κ3) is 4.15. The van der Waals surface area contributed by atoms with E-state index in [0.29, 0.717) is 15.7 Å². The highest BCUT2D eigenvalue weighted by Crippen LogP contribution is 2.23. The van der Waals surface area contributed by atoms with Gasteiger partial charge in [0.2, 0.25) is 0 Å². The van der Waals surface area contributed by atoms with Crippen LogP contribution in [0.15, 0.2) is 18.2 Å². The average molecular weight is 358 g/mol. The lowest BCUT2D eigenvalue weighted by Gasteiger charge is -2.15. The molecule has 1 aliphatic heterocycles. The number of halogens is 3. The molecular formula is C11H11Cl3N2O3S. The summed E-state index contributed by atoms with van der Waals surface area (Å²) in [5.74, 6) is -0.298. The van der Waals surface area contributed by atoms with Crippen molar-refractivity contribution in [3.63, 3.8) is 0 Å². The fourth-order valence-corrected chi connectivity index (χ4v) is 4.97. The van der Waals surface area contributed by atoms with Crippen LogP contribution in [0.3, 0.4) is 0 Å². The zero-order valence-electron chi connectivity index (χ0n) is 10.1. The number of benzene rings is 1. The first-order chi connectivity index (χ1) is 9.25. The molecule has 5 nitrogen and oxygen atoms in total. The number of urea groups is 1. The Bertz CT molecular complexity index is 616. The van der Waals surface area contributed by atoms with Crippen molar-refractivity contribution in [2.75, 3.05) is 16.8 Å². The zero-order chi connectivity index (χ0) is 14.9. The third-order valence-electron chi connectivity index (χ3n) is 2.72. The summed E-state index contributed by atoms with van der Waals surface area (Å²) in [5, 5.41) is 5.18. The molecule has 1 aromatic carbocycles. The number of anilines is 1. The van der Waals surface area contributed by atoms with Gasteiger partial charge in [0.1, 0.15) is 0 Å². The van der Waals surface area contributed by atoms with Crippen molar-refractivity contribution >= 4 is 56.4 Å². The summed E-state index contributed by atoms with van der Waals surface area (Å²) in [6.07, 6.45) is 0. The first-order valence-electron chi connectivity index (χ1n) is 5.63. The van der Waals surface area contributed by atoms with E-state index in [1.807, 2.05) is 0 Å². The van der Waals surface area contributed by atoms with Crippen molar-refractivity contribution < 1.29 is 13.2 Å². The Morgan fingerprint density at radius 2 is 1.75 bits per heavy atom. The summed E-state index contributed by atoms with van der Waals surface area (Å²) in [7, 11) is -3.19. The van der Waals surface area contributed by atoms with Gasteiger partial charge in [-0.05, 0) is 18.2 Å². The van der Waals surface area contributed by atoms with Gasteiger partial charge in [-0.2, -0.15) is 0 Å². The van der Waals surface area contributed by atoms with Crippen LogP contribution in [0.4, 0.5) is 10.5 Å². The molecule has 110 valence electrons. The molecular weight excluding hydrogens is 347 g/mol. The maximum atomic E-state index is 11.8. The van der Waals surface area contributed by atoms with E-state index >= 15 is 0 Å². The van der Waals surface area contributed by atoms with E-state index in [9.17, 15) is 13.2 Å². The molecule has 2 atom stereocenters. The second-order valence-electron chi connectivity index (χ2n) is 4.46. The maximum absolute atomic E-state index is 11.8. The van der Waals surface area contributed by atoms with E-state index < -0.39 is 27.3 Å². The highest BCUT2D eigenvalue weighted by Gasteiger charge is 2.37. The molecule has 1 aromatic rings. The standard InChI is InChI=1S/C11H11Cl3N2O3S/c12-6-1-7(13)3-8(2-6)15-11(17)16-10-5-20(18,19)4-9(10)14/h1-3,9-10H,4-5H2,(H2,15,16,17). The molecule has 0 bridgehead atoms. The first-order valence-corrected chi connectivity index (χ1v) is 8.65. The van der Waals surface area contributed by atoms with Crippen molar-refractivity contribution in [2.45, 2.75) is 11.4 Å². The number of hydrogen-bond acceptors (Lipinski definition) is 3. The molecule has 0 aromatic heterocycles. The van der Waals surface area contributed by atoms with E-state index in [0.717, 1.165) is 0 Å². The fourth-order valence-electron chi connectivity index (χ4n) is 1.90. The van der Waals surface area contributed by atoms with Crippen LogP contribution >= 0.6 is 34.8 Å². The van der Waals surface area contributed by atoms with Gasteiger partial charge in [0.05, 0.1) is 22.9 Å². The molecule has 1 aliphatic rings. The van der Waals surface area contributed by atoms with E-state index in [-0.39, 0.29) is 11.5 Å². The minimum absolute atomic E-state index is 0.136. The van der Waals surface area contributed by atoms with Gasteiger partial charge in [-0.25, -0.2) is 13.2 Å². The van der Waals surface area contributed by atoms with Gasteiger partial charge < -0.3 is 10.6 Å². The van der Waals surface area contributed by atoms with Crippen molar-refractivity contribution in [1.29, 1.82) is 0 Å². The summed E-state index contributed by atoms with van der Waals surface area (Å²) >= 11 is 17.5. The summed E-state index contributed by atoms with van der Waals surface area (Å²) in [6, 6.07) is 3.41. The van der Waals surface area contributed by atoms with E-state index in [1.165, 1.54) is 18.2 Å². The largest absolute Gasteiger partial charge is 0.333 e. The molecule has 1 heterocycles. The molecule has 2 unspecified atom stereocenters. The predicted octanol–water partition coefficient (Wildman–Crippen LogP) is 2.52. The van der Waals surface area contributed by atoms with Crippen LogP contribution < -0.4 is 10.6 Å². The molecule has 2 amide bonds. The molecule has 0 saturated carbocycles. The number of amides is 2. The van der Waals surface area contributed by atoms with E-state index in [1.54, 1.807) is 0 Å². The van der Waals surface area contributed by atoms with Gasteiger partial charge in [0, 0.05) is 15.7 Å². The molecule has 9 heteroatoms. The first kappa shape index (κ1) is 15.7. The van der Waals surface area contributed by atoms with Crippen LogP contribution in [0.2, 0.25) is 10.0 Å². The lowest BCUT2D eigenvalue weighted by atomic mass is 10.2. The lowest BCUT2D eigenvalue weighted by molar-refractivity contribution is 0.249. The molecule has 1 saturated heterocycles. The van der Waals surface area contributed by atoms with Gasteiger partial charge in [-0.15, -0.1) is 11.6 Å². The lowest BCUT2D eigenvalue weighted by Crippen LogP contribution is -2.42. The highest BCUT2D eigenvalue weighted by molar-refractivity contribution is 7.91. The van der Waals surface area contributed by atoms with Crippen LogP contribution in [-0.2, 0) is 9.84 Å². The Balaban J connectivity index is 1.99. The van der Waals surface area contributed by atoms with Crippen LogP contribution in [-0.4, -0.2) is 37.4 Å². The van der Waals surface area contributed by atoms with Gasteiger partial charge in [-0.3, -0.25) is 0 Å². The van der Waals surface area contributed by atoms with Crippen LogP contribution in [0.5, 0.6) is 0 Å². The van der Waals surface area contributed by atoms with Crippen molar-refractivity contribution in [3.05, 3.63) is 28.2 Å². The number of carbonyl (C=O) groups is 1. The highest BCUT2D eigenvalue weighted by atomic mass is 35.5. The number of sulfone groups is 1. The topological polar surface area (TPSA) is 75.3 Å². The molecule has 2 rings (SSSR count). The van der Waals surface area contributed by atoms with Gasteiger partial charge in [-0.1, -0.05) is 23.2 Å². The van der Waals surface area contributed by atoms with E-state index in [2.05, 4.69) is 10.6 Å². The maximum Gasteiger partial charge on any atom is 0.319 e. The SMILES string of the molecule is O=C(Nc1cc(Cl)cc(Cl)c1)NC1CS(=O)(=O)CC1Cl. The third-order valence-corrected chi connectivity index (χ3v) is 5.53. The Labute approximate surface area is 131 Å². The van der Waals surface area contributed by atoms with Crippen LogP contribution in [0.1, 0.15) is 0 Å². The molecule has 0 aliphatic carbocycles. The number of carbonyl (C=O) groups excluding carboxylic acids is 1. The molecule has 20 heavy (non-hydrogen) atoms. The summed E-state index contributed by atoms with van der Waals surface area (Å²) < 4.78 is 22.8. The monoisotopic (exact) mass is 356 g/mol. The van der Waals surface area contributed by atoms with Gasteiger partial charge in [0.15, 0.2) is 9.84 Å². The quantitative estimate of drug-likeness (QED) is 0.799. The van der Waals surface area contributed by atoms with Crippen molar-refractivity contribution in [1.82, 2.24) is 5.32 Å². The molecule has 1 fully saturated rings. The van der Waals surface area contributed by atoms with Crippen molar-refractivity contribution in [2.24, 2.45) is 0 Å². The molecule has 0 radical (unpaired) electrons. The fraction of sp³-hybridized carbons (Fsp3) is 0.364. The minimum atomic E-state index is -3.19. The number of alkyl halides is 1. The molecule has 0 spiro atoms. The summed E-state index contributed by atoms with van der Waals surface area (Å²) in [4.78, 5) is 11.8. The molecule has 2 N–H and O–H groups in total. The van der Waals surface area contributed by atoms with Crippen LogP contribution in [0.25, 0.3) is 0 Å². The predicted molar refractivity (Wildman–Crippen MR) is 80.7 cm³/mol. The second-order valence-corrected chi connectivity index (χ2v) is 8.04. The Morgan fingerprint density at radius 3 is 2.25 bits per heavy atom. The number of hydrogen-bond donors (Lipinski definition) is 2. The van der Waals surface area contributed by atoms with E-state index in [4.69, 9.17) is 34.8 Å². The smallest absolute Gasteiger partial charge is 0.319 e. The Morgan fingerprint density at radius 1 is 1.15 bits per heavy atom. The van der Waals surface area contributed by atoms with Crippen molar-refractivity contribution in [3.8, 4) is 0 Å². The second kappa shape index (κ2) is 5.97. The normalized spacial score (nSPS) is 24.4. The van der Waals surface area contributed by atoms with Gasteiger partial charge in [0.25, 0.3) is 0 Å². The number of rotatable bonds is 2. The summed E-state index contributed by atoms with van der Waals surface area (Å²) in [6.45, 7) is 0.